The molecule has 4 fully saturated rings. The molecule has 0 amide bonds. The lowest BCUT2D eigenvalue weighted by Gasteiger charge is -2.43. The summed E-state index contributed by atoms with van der Waals surface area (Å²) < 4.78 is 0. The van der Waals surface area contributed by atoms with Crippen molar-refractivity contribution in [2.24, 2.45) is 0 Å². The molecule has 0 atom stereocenters. The summed E-state index contributed by atoms with van der Waals surface area (Å²) in [5.74, 6) is 2.92. The first-order valence-corrected chi connectivity index (χ1v) is 29.8. The summed E-state index contributed by atoms with van der Waals surface area (Å²) in [4.78, 5) is 0. The summed E-state index contributed by atoms with van der Waals surface area (Å²) in [5, 5.41) is 3.77. The zero-order chi connectivity index (χ0) is 44.2. The second-order valence-corrected chi connectivity index (χ2v) is 28.5. The number of hydrogen-bond donors (Lipinski definition) is 0. The Labute approximate surface area is 386 Å². The highest BCUT2D eigenvalue weighted by Crippen LogP contribution is 2.61. The SMILES string of the molecule is CC(C)c1cc(C(C)C)c(-c2cc(-c3c(C(C)C)cc(C(C)C)cc3C(C)C)c(P(C3CCCCC3)C3CCCCC3)cc2P(C2CCCCC2)C2CCCCC2)c(C(C)C)c1. The van der Waals surface area contributed by atoms with E-state index in [1.807, 2.05) is 10.6 Å². The lowest BCUT2D eigenvalue weighted by molar-refractivity contribution is 0.486. The Hall–Kier alpha value is -1.48. The fraction of sp³-hybridized carbons (Fsp3) is 0.700. The van der Waals surface area contributed by atoms with Crippen molar-refractivity contribution in [3.05, 3.63) is 69.8 Å². The molecule has 0 bridgehead atoms. The maximum absolute atomic E-state index is 3.13. The van der Waals surface area contributed by atoms with Crippen LogP contribution in [-0.2, 0) is 0 Å². The van der Waals surface area contributed by atoms with Crippen LogP contribution in [0.4, 0.5) is 0 Å². The van der Waals surface area contributed by atoms with Gasteiger partial charge in [0.1, 0.15) is 0 Å². The normalized spacial score (nSPS) is 19.5. The first-order valence-electron chi connectivity index (χ1n) is 26.9. The Kier molecular flexibility index (Phi) is 17.1. The fourth-order valence-corrected chi connectivity index (χ4v) is 20.8. The second-order valence-electron chi connectivity index (χ2n) is 22.9. The predicted octanol–water partition coefficient (Wildman–Crippen LogP) is 19.3. The molecule has 0 unspecified atom stereocenters. The van der Waals surface area contributed by atoms with Gasteiger partial charge in [-0.15, -0.1) is 0 Å². The van der Waals surface area contributed by atoms with Gasteiger partial charge in [-0.25, -0.2) is 0 Å². The molecule has 0 radical (unpaired) electrons. The molecule has 3 aromatic carbocycles. The third-order valence-corrected chi connectivity index (χ3v) is 23.4. The Morgan fingerprint density at radius 3 is 0.758 bits per heavy atom. The largest absolute Gasteiger partial charge is 0.0683 e. The lowest BCUT2D eigenvalue weighted by Crippen LogP contribution is -2.32. The smallest absolute Gasteiger partial charge is 0.00944 e. The first-order chi connectivity index (χ1) is 29.8. The summed E-state index contributed by atoms with van der Waals surface area (Å²) in [6.45, 7) is 29.8. The molecule has 4 saturated carbocycles. The summed E-state index contributed by atoms with van der Waals surface area (Å²) >= 11 is 0. The average molecular weight is 875 g/mol. The van der Waals surface area contributed by atoms with Crippen LogP contribution in [0.5, 0.6) is 0 Å². The van der Waals surface area contributed by atoms with Gasteiger partial charge in [0, 0.05) is 0 Å². The highest BCUT2D eigenvalue weighted by atomic mass is 31.1. The van der Waals surface area contributed by atoms with Gasteiger partial charge in [-0.2, -0.15) is 0 Å². The van der Waals surface area contributed by atoms with Crippen molar-refractivity contribution in [1.29, 1.82) is 0 Å². The average Bonchev–Trinajstić information content (AvgIpc) is 3.27. The van der Waals surface area contributed by atoms with Gasteiger partial charge in [0.2, 0.25) is 0 Å². The van der Waals surface area contributed by atoms with E-state index in [0.717, 1.165) is 22.6 Å². The standard InChI is InChI=1S/C60H92P2/c1-39(2)45-33-51(41(5)6)59(52(34-45)42(7)8)55-37-56(60-53(43(9)10)35-46(40(3)4)36-54(60)44(11)12)58(62(49-29-21-15-22-30-49)50-31-23-16-24-32-50)38-57(55)61(47-25-17-13-18-26-47)48-27-19-14-20-28-48/h33-44,47-50H,13-32H2,1-12H3. The van der Waals surface area contributed by atoms with Crippen molar-refractivity contribution in [2.45, 2.75) is 270 Å². The summed E-state index contributed by atoms with van der Waals surface area (Å²) in [5.41, 5.74) is 19.7. The summed E-state index contributed by atoms with van der Waals surface area (Å²) in [6.07, 6.45) is 29.1. The van der Waals surface area contributed by atoms with Gasteiger partial charge in [0.05, 0.1) is 0 Å². The maximum Gasteiger partial charge on any atom is -0.00944 e. The minimum absolute atomic E-state index is 0.321. The molecule has 0 saturated heterocycles. The van der Waals surface area contributed by atoms with Gasteiger partial charge >= 0.3 is 0 Å². The van der Waals surface area contributed by atoms with Crippen molar-refractivity contribution in [3.63, 3.8) is 0 Å². The van der Waals surface area contributed by atoms with E-state index < -0.39 is 0 Å². The molecule has 7 rings (SSSR count). The lowest BCUT2D eigenvalue weighted by atomic mass is 9.79. The van der Waals surface area contributed by atoms with Crippen molar-refractivity contribution in [2.75, 3.05) is 0 Å². The Morgan fingerprint density at radius 2 is 0.548 bits per heavy atom. The van der Waals surface area contributed by atoms with Gasteiger partial charge < -0.3 is 0 Å². The van der Waals surface area contributed by atoms with Crippen LogP contribution in [0, 0.1) is 0 Å². The molecular weight excluding hydrogens is 783 g/mol. The summed E-state index contributed by atoms with van der Waals surface area (Å²) in [7, 11) is -0.641. The van der Waals surface area contributed by atoms with Crippen LogP contribution in [0.2, 0.25) is 0 Å². The van der Waals surface area contributed by atoms with E-state index in [1.54, 1.807) is 44.5 Å². The van der Waals surface area contributed by atoms with Gasteiger partial charge in [0.15, 0.2) is 0 Å². The molecule has 0 spiro atoms. The molecule has 3 aromatic rings. The highest BCUT2D eigenvalue weighted by Gasteiger charge is 2.40. The van der Waals surface area contributed by atoms with Crippen LogP contribution in [0.1, 0.15) is 280 Å². The molecule has 342 valence electrons. The molecule has 4 aliphatic carbocycles. The van der Waals surface area contributed by atoms with Gasteiger partial charge in [-0.1, -0.05) is 200 Å². The van der Waals surface area contributed by atoms with E-state index in [4.69, 9.17) is 0 Å². The van der Waals surface area contributed by atoms with Crippen LogP contribution in [0.15, 0.2) is 36.4 Å². The number of benzene rings is 3. The van der Waals surface area contributed by atoms with Crippen molar-refractivity contribution in [1.82, 2.24) is 0 Å². The Morgan fingerprint density at radius 1 is 0.306 bits per heavy atom. The quantitative estimate of drug-likeness (QED) is 0.142. The molecule has 4 aliphatic rings. The van der Waals surface area contributed by atoms with Gasteiger partial charge in [-0.3, -0.25) is 0 Å². The van der Waals surface area contributed by atoms with Crippen LogP contribution in [0.3, 0.4) is 0 Å². The Balaban J connectivity index is 1.69. The molecule has 0 heterocycles. The Bertz CT molecular complexity index is 1670. The third kappa shape index (κ3) is 10.7. The summed E-state index contributed by atoms with van der Waals surface area (Å²) in [6, 6.07) is 16.9. The highest BCUT2D eigenvalue weighted by molar-refractivity contribution is 7.69. The molecular formula is C60H92P2. The number of hydrogen-bond acceptors (Lipinski definition) is 0. The van der Waals surface area contributed by atoms with Gasteiger partial charge in [-0.05, 0) is 188 Å². The van der Waals surface area contributed by atoms with Crippen LogP contribution >= 0.6 is 15.8 Å². The van der Waals surface area contributed by atoms with Crippen molar-refractivity contribution >= 4 is 26.5 Å². The molecule has 0 aromatic heterocycles. The molecule has 0 N–H and O–H groups in total. The second kappa shape index (κ2) is 21.9. The molecule has 62 heavy (non-hydrogen) atoms. The maximum atomic E-state index is 3.13. The predicted molar refractivity (Wildman–Crippen MR) is 282 cm³/mol. The monoisotopic (exact) mass is 875 g/mol. The van der Waals surface area contributed by atoms with Gasteiger partial charge in [0.25, 0.3) is 0 Å². The van der Waals surface area contributed by atoms with E-state index in [0.29, 0.717) is 35.5 Å². The fourth-order valence-electron chi connectivity index (χ4n) is 12.8. The zero-order valence-corrected chi connectivity index (χ0v) is 44.1. The van der Waals surface area contributed by atoms with Crippen LogP contribution in [-0.4, -0.2) is 22.6 Å². The van der Waals surface area contributed by atoms with Crippen LogP contribution in [0.25, 0.3) is 22.3 Å². The topological polar surface area (TPSA) is 0 Å². The van der Waals surface area contributed by atoms with Crippen molar-refractivity contribution < 1.29 is 0 Å². The first kappa shape index (κ1) is 48.5. The van der Waals surface area contributed by atoms with E-state index in [2.05, 4.69) is 119 Å². The zero-order valence-electron chi connectivity index (χ0n) is 42.3. The molecule has 0 nitrogen and oxygen atoms in total. The van der Waals surface area contributed by atoms with Crippen molar-refractivity contribution in [3.8, 4) is 22.3 Å². The molecule has 2 heteroatoms. The van der Waals surface area contributed by atoms with Crippen LogP contribution < -0.4 is 10.6 Å². The van der Waals surface area contributed by atoms with E-state index in [-0.39, 0.29) is 15.8 Å². The van der Waals surface area contributed by atoms with E-state index >= 15 is 0 Å². The minimum atomic E-state index is -0.321. The minimum Gasteiger partial charge on any atom is -0.0683 e. The van der Waals surface area contributed by atoms with E-state index in [9.17, 15) is 0 Å². The third-order valence-electron chi connectivity index (χ3n) is 16.3. The number of rotatable bonds is 14. The molecule has 0 aliphatic heterocycles. The van der Waals surface area contributed by atoms with E-state index in [1.165, 1.54) is 140 Å².